The Morgan fingerprint density at radius 2 is 1.87 bits per heavy atom. The minimum atomic E-state index is -4.82. The number of aromatic nitrogens is 3. The lowest BCUT2D eigenvalue weighted by atomic mass is 10.0. The van der Waals surface area contributed by atoms with E-state index < -0.39 is 28.9 Å². The van der Waals surface area contributed by atoms with E-state index in [1.54, 1.807) is 16.7 Å². The van der Waals surface area contributed by atoms with Gasteiger partial charge in [-0.05, 0) is 43.2 Å². The molecule has 0 radical (unpaired) electrons. The van der Waals surface area contributed by atoms with Gasteiger partial charge < -0.3 is 15.5 Å². The zero-order valence-electron chi connectivity index (χ0n) is 16.4. The Morgan fingerprint density at radius 3 is 2.37 bits per heavy atom. The summed E-state index contributed by atoms with van der Waals surface area (Å²) in [6, 6.07) is 6.67. The second-order valence-corrected chi connectivity index (χ2v) is 6.76. The van der Waals surface area contributed by atoms with Crippen molar-refractivity contribution in [1.29, 1.82) is 0 Å². The van der Waals surface area contributed by atoms with E-state index >= 15 is 0 Å². The first-order valence-corrected chi connectivity index (χ1v) is 8.85. The molecule has 7 nitrogen and oxygen atoms in total. The highest BCUT2D eigenvalue weighted by molar-refractivity contribution is 5.94. The summed E-state index contributed by atoms with van der Waals surface area (Å²) in [5.41, 5.74) is 4.63. The number of nitrogens with one attached hydrogen (secondary N) is 1. The molecule has 1 aromatic carbocycles. The first-order chi connectivity index (χ1) is 14.0. The molecular formula is C20H19F3N4O3. The Balaban J connectivity index is 1.93. The number of pyridine rings is 1. The normalized spacial score (nSPS) is 11.5. The summed E-state index contributed by atoms with van der Waals surface area (Å²) in [7, 11) is 1.80. The van der Waals surface area contributed by atoms with Gasteiger partial charge in [-0.1, -0.05) is 12.1 Å². The number of carbonyl (C=O) groups excluding carboxylic acids is 1. The number of amides is 1. The van der Waals surface area contributed by atoms with Crippen molar-refractivity contribution in [2.45, 2.75) is 26.6 Å². The molecule has 3 rings (SSSR count). The van der Waals surface area contributed by atoms with Crippen LogP contribution in [-0.2, 0) is 19.8 Å². The van der Waals surface area contributed by atoms with Crippen molar-refractivity contribution >= 4 is 5.91 Å². The number of alkyl halides is 3. The van der Waals surface area contributed by atoms with Crippen molar-refractivity contribution in [3.05, 3.63) is 68.9 Å². The number of hydrogen-bond donors (Lipinski definition) is 2. The number of nitrogens with two attached hydrogens (primary N) is 1. The van der Waals surface area contributed by atoms with Gasteiger partial charge in [0, 0.05) is 12.6 Å². The zero-order chi connectivity index (χ0) is 22.2. The molecule has 158 valence electrons. The van der Waals surface area contributed by atoms with Crippen LogP contribution in [0.15, 0.2) is 35.1 Å². The lowest BCUT2D eigenvalue weighted by Gasteiger charge is -2.14. The Morgan fingerprint density at radius 1 is 1.23 bits per heavy atom. The van der Waals surface area contributed by atoms with Gasteiger partial charge in [0.05, 0.1) is 11.4 Å². The molecule has 0 spiro atoms. The number of primary amides is 1. The lowest BCUT2D eigenvalue weighted by Crippen LogP contribution is -2.27. The van der Waals surface area contributed by atoms with Crippen LogP contribution in [0.3, 0.4) is 0 Å². The van der Waals surface area contributed by atoms with Gasteiger partial charge in [0.25, 0.3) is 11.5 Å². The molecule has 0 saturated carbocycles. The molecule has 0 fully saturated rings. The van der Waals surface area contributed by atoms with Gasteiger partial charge in [0.15, 0.2) is 0 Å². The predicted octanol–water partition coefficient (Wildman–Crippen LogP) is 3.09. The van der Waals surface area contributed by atoms with Crippen LogP contribution in [0.25, 0.3) is 11.1 Å². The van der Waals surface area contributed by atoms with Crippen molar-refractivity contribution in [3.8, 4) is 16.9 Å². The van der Waals surface area contributed by atoms with Gasteiger partial charge in [-0.15, -0.1) is 0 Å². The predicted molar refractivity (Wildman–Crippen MR) is 103 cm³/mol. The SMILES string of the molecule is Cc1nn(C)c(COc2ccc(-c3cc(C(N)=O)c(=O)[nH]c3C(F)(F)F)cc2)c1C. The van der Waals surface area contributed by atoms with E-state index in [1.165, 1.54) is 24.3 Å². The van der Waals surface area contributed by atoms with Crippen LogP contribution in [0.2, 0.25) is 0 Å². The largest absolute Gasteiger partial charge is 0.487 e. The summed E-state index contributed by atoms with van der Waals surface area (Å²) in [6.45, 7) is 4.05. The molecule has 0 saturated heterocycles. The molecule has 0 aliphatic rings. The fraction of sp³-hybridized carbons (Fsp3) is 0.250. The van der Waals surface area contributed by atoms with E-state index in [1.807, 2.05) is 13.8 Å². The van der Waals surface area contributed by atoms with Gasteiger partial charge in [-0.2, -0.15) is 18.3 Å². The molecule has 0 bridgehead atoms. The molecule has 0 unspecified atom stereocenters. The third-order valence-electron chi connectivity index (χ3n) is 4.80. The maximum Gasteiger partial charge on any atom is 0.431 e. The highest BCUT2D eigenvalue weighted by Crippen LogP contribution is 2.35. The molecule has 30 heavy (non-hydrogen) atoms. The Bertz CT molecular complexity index is 1160. The van der Waals surface area contributed by atoms with Gasteiger partial charge >= 0.3 is 6.18 Å². The third kappa shape index (κ3) is 4.07. The van der Waals surface area contributed by atoms with Gasteiger partial charge in [0.1, 0.15) is 23.6 Å². The van der Waals surface area contributed by atoms with E-state index in [-0.39, 0.29) is 17.7 Å². The van der Waals surface area contributed by atoms with Gasteiger partial charge in [0.2, 0.25) is 0 Å². The molecule has 0 atom stereocenters. The Hall–Kier alpha value is -3.56. The molecule has 3 N–H and O–H groups in total. The molecular weight excluding hydrogens is 401 g/mol. The van der Waals surface area contributed by atoms with Crippen LogP contribution >= 0.6 is 0 Å². The zero-order valence-corrected chi connectivity index (χ0v) is 16.4. The van der Waals surface area contributed by atoms with E-state index in [0.717, 1.165) is 23.0 Å². The minimum Gasteiger partial charge on any atom is -0.487 e. The summed E-state index contributed by atoms with van der Waals surface area (Å²) < 4.78 is 47.6. The van der Waals surface area contributed by atoms with E-state index in [2.05, 4.69) is 5.10 Å². The smallest absolute Gasteiger partial charge is 0.431 e. The first kappa shape index (κ1) is 21.2. The molecule has 2 aromatic heterocycles. The summed E-state index contributed by atoms with van der Waals surface area (Å²) in [5.74, 6) is -0.682. The Kier molecular flexibility index (Phi) is 5.43. The van der Waals surface area contributed by atoms with E-state index in [0.29, 0.717) is 5.75 Å². The van der Waals surface area contributed by atoms with Crippen LogP contribution in [-0.4, -0.2) is 20.7 Å². The number of carbonyl (C=O) groups is 1. The van der Waals surface area contributed by atoms with Gasteiger partial charge in [-0.3, -0.25) is 14.3 Å². The lowest BCUT2D eigenvalue weighted by molar-refractivity contribution is -0.140. The number of nitrogens with zero attached hydrogens (tertiary/aromatic N) is 2. The number of hydrogen-bond acceptors (Lipinski definition) is 4. The molecule has 3 aromatic rings. The fourth-order valence-electron chi connectivity index (χ4n) is 3.06. The van der Waals surface area contributed by atoms with Crippen molar-refractivity contribution < 1.29 is 22.7 Å². The molecule has 2 heterocycles. The van der Waals surface area contributed by atoms with Crippen LogP contribution in [0.1, 0.15) is 33.0 Å². The number of aromatic amines is 1. The standard InChI is InChI=1S/C20H19F3N4O3/c1-10-11(2)26-27(3)16(10)9-30-13-6-4-12(5-7-13)14-8-15(18(24)28)19(29)25-17(14)20(21,22)23/h4-8H,9H2,1-3H3,(H2,24,28)(H,25,29). The first-order valence-electron chi connectivity index (χ1n) is 8.85. The van der Waals surface area contributed by atoms with Crippen LogP contribution in [0.4, 0.5) is 13.2 Å². The average molecular weight is 420 g/mol. The number of ether oxygens (including phenoxy) is 1. The fourth-order valence-corrected chi connectivity index (χ4v) is 3.06. The molecule has 0 aliphatic carbocycles. The summed E-state index contributed by atoms with van der Waals surface area (Å²) in [4.78, 5) is 24.9. The van der Waals surface area contributed by atoms with Crippen LogP contribution < -0.4 is 16.0 Å². The van der Waals surface area contributed by atoms with Gasteiger partial charge in [-0.25, -0.2) is 0 Å². The highest BCUT2D eigenvalue weighted by atomic mass is 19.4. The molecule has 10 heteroatoms. The number of rotatable bonds is 5. The van der Waals surface area contributed by atoms with E-state index in [4.69, 9.17) is 10.5 Å². The highest BCUT2D eigenvalue weighted by Gasteiger charge is 2.36. The van der Waals surface area contributed by atoms with Crippen LogP contribution in [0, 0.1) is 13.8 Å². The summed E-state index contributed by atoms with van der Waals surface area (Å²) >= 11 is 0. The van der Waals surface area contributed by atoms with Crippen molar-refractivity contribution in [1.82, 2.24) is 14.8 Å². The second-order valence-electron chi connectivity index (χ2n) is 6.76. The quantitative estimate of drug-likeness (QED) is 0.662. The third-order valence-corrected chi connectivity index (χ3v) is 4.80. The summed E-state index contributed by atoms with van der Waals surface area (Å²) in [6.07, 6.45) is -4.82. The van der Waals surface area contributed by atoms with Crippen molar-refractivity contribution in [3.63, 3.8) is 0 Å². The number of aryl methyl sites for hydroxylation is 2. The van der Waals surface area contributed by atoms with E-state index in [9.17, 15) is 22.8 Å². The summed E-state index contributed by atoms with van der Waals surface area (Å²) in [5, 5.41) is 4.30. The van der Waals surface area contributed by atoms with Crippen molar-refractivity contribution in [2.24, 2.45) is 12.8 Å². The molecule has 0 aliphatic heterocycles. The van der Waals surface area contributed by atoms with Crippen molar-refractivity contribution in [2.75, 3.05) is 0 Å². The second kappa shape index (κ2) is 7.69. The topological polar surface area (TPSA) is 103 Å². The van der Waals surface area contributed by atoms with Crippen LogP contribution in [0.5, 0.6) is 5.75 Å². The number of benzene rings is 1. The minimum absolute atomic E-state index is 0.140. The number of H-pyrrole nitrogens is 1. The monoisotopic (exact) mass is 420 g/mol. The maximum absolute atomic E-state index is 13.4. The maximum atomic E-state index is 13.4. The average Bonchev–Trinajstić information content (AvgIpc) is 2.91. The Labute approximate surface area is 169 Å². The molecule has 1 amide bonds. The number of halogens is 3.